The summed E-state index contributed by atoms with van der Waals surface area (Å²) in [6.07, 6.45) is 4.74. The minimum Gasteiger partial charge on any atom is -0.359 e. The second-order valence-electron chi connectivity index (χ2n) is 7.55. The first-order chi connectivity index (χ1) is 14.6. The molecule has 3 heterocycles. The zero-order valence-corrected chi connectivity index (χ0v) is 18.1. The number of rotatable bonds is 6. The Labute approximate surface area is 182 Å². The van der Waals surface area contributed by atoms with Crippen LogP contribution in [0.25, 0.3) is 11.3 Å². The van der Waals surface area contributed by atoms with Crippen molar-refractivity contribution < 1.29 is 4.52 Å². The van der Waals surface area contributed by atoms with E-state index in [4.69, 9.17) is 4.52 Å². The van der Waals surface area contributed by atoms with Gasteiger partial charge in [-0.25, -0.2) is 4.98 Å². The SMILES string of the molecule is Cc1cc(NC2=NCC(C3CC3)=C2)nc(NCc2cc(-c3ccccc3Br)no2)n1. The molecule has 152 valence electrons. The third-order valence-corrected chi connectivity index (χ3v) is 5.79. The van der Waals surface area contributed by atoms with Crippen molar-refractivity contribution in [2.75, 3.05) is 17.2 Å². The van der Waals surface area contributed by atoms with Gasteiger partial charge in [0.1, 0.15) is 17.3 Å². The Kier molecular flexibility index (Phi) is 5.08. The zero-order valence-electron chi connectivity index (χ0n) is 16.5. The lowest BCUT2D eigenvalue weighted by atomic mass is 10.1. The summed E-state index contributed by atoms with van der Waals surface area (Å²) in [5.74, 6) is 3.57. The largest absolute Gasteiger partial charge is 0.359 e. The average molecular weight is 465 g/mol. The van der Waals surface area contributed by atoms with Crippen molar-refractivity contribution in [1.29, 1.82) is 0 Å². The number of benzene rings is 1. The number of amidine groups is 1. The van der Waals surface area contributed by atoms with E-state index in [1.165, 1.54) is 18.4 Å². The number of aryl methyl sites for hydroxylation is 1. The fourth-order valence-electron chi connectivity index (χ4n) is 3.42. The monoisotopic (exact) mass is 464 g/mol. The van der Waals surface area contributed by atoms with Crippen molar-refractivity contribution in [2.24, 2.45) is 10.9 Å². The van der Waals surface area contributed by atoms with E-state index in [2.05, 4.69) is 52.8 Å². The first kappa shape index (κ1) is 19.0. The highest BCUT2D eigenvalue weighted by atomic mass is 79.9. The molecule has 2 N–H and O–H groups in total. The fraction of sp³-hybridized carbons (Fsp3) is 0.273. The predicted octanol–water partition coefficient (Wildman–Crippen LogP) is 4.98. The molecule has 5 rings (SSSR count). The minimum atomic E-state index is 0.438. The summed E-state index contributed by atoms with van der Waals surface area (Å²) < 4.78 is 6.45. The Bertz CT molecular complexity index is 1150. The topological polar surface area (TPSA) is 88.2 Å². The molecule has 0 unspecified atom stereocenters. The predicted molar refractivity (Wildman–Crippen MR) is 120 cm³/mol. The summed E-state index contributed by atoms with van der Waals surface area (Å²) in [5.41, 5.74) is 4.06. The van der Waals surface area contributed by atoms with Gasteiger partial charge in [0.05, 0.1) is 13.1 Å². The maximum absolute atomic E-state index is 5.47. The van der Waals surface area contributed by atoms with E-state index in [0.29, 0.717) is 18.3 Å². The lowest BCUT2D eigenvalue weighted by molar-refractivity contribution is 0.390. The molecule has 0 radical (unpaired) electrons. The summed E-state index contributed by atoms with van der Waals surface area (Å²) >= 11 is 3.55. The number of hydrogen-bond acceptors (Lipinski definition) is 7. The Balaban J connectivity index is 1.25. The molecule has 0 bridgehead atoms. The summed E-state index contributed by atoms with van der Waals surface area (Å²) in [5, 5.41) is 10.7. The summed E-state index contributed by atoms with van der Waals surface area (Å²) in [6.45, 7) is 3.18. The first-order valence-corrected chi connectivity index (χ1v) is 10.8. The van der Waals surface area contributed by atoms with E-state index in [9.17, 15) is 0 Å². The number of halogens is 1. The molecule has 0 saturated heterocycles. The summed E-state index contributed by atoms with van der Waals surface area (Å²) in [7, 11) is 0. The highest BCUT2D eigenvalue weighted by Gasteiger charge is 2.27. The van der Waals surface area contributed by atoms with Crippen LogP contribution in [-0.4, -0.2) is 27.5 Å². The molecule has 2 aliphatic rings. The van der Waals surface area contributed by atoms with Crippen molar-refractivity contribution >= 4 is 33.5 Å². The Hall–Kier alpha value is -3.00. The number of nitrogens with one attached hydrogen (secondary N) is 2. The third-order valence-electron chi connectivity index (χ3n) is 5.10. The molecule has 1 saturated carbocycles. The number of aromatic nitrogens is 3. The van der Waals surface area contributed by atoms with Crippen molar-refractivity contribution in [3.63, 3.8) is 0 Å². The van der Waals surface area contributed by atoms with E-state index in [-0.39, 0.29) is 0 Å². The van der Waals surface area contributed by atoms with Gasteiger partial charge in [0, 0.05) is 27.9 Å². The van der Waals surface area contributed by atoms with Crippen molar-refractivity contribution in [2.45, 2.75) is 26.3 Å². The molecule has 1 aromatic carbocycles. The van der Waals surface area contributed by atoms with Crippen LogP contribution < -0.4 is 10.6 Å². The molecule has 0 amide bonds. The molecule has 0 atom stereocenters. The molecule has 8 heteroatoms. The van der Waals surface area contributed by atoms with E-state index in [1.807, 2.05) is 43.3 Å². The number of nitrogens with zero attached hydrogens (tertiary/aromatic N) is 4. The molecule has 1 aliphatic heterocycles. The van der Waals surface area contributed by atoms with Gasteiger partial charge in [-0.05, 0) is 43.4 Å². The van der Waals surface area contributed by atoms with Gasteiger partial charge in [0.15, 0.2) is 5.76 Å². The molecule has 30 heavy (non-hydrogen) atoms. The van der Waals surface area contributed by atoms with Gasteiger partial charge >= 0.3 is 0 Å². The van der Waals surface area contributed by atoms with E-state index in [0.717, 1.165) is 45.5 Å². The van der Waals surface area contributed by atoms with Crippen LogP contribution >= 0.6 is 15.9 Å². The van der Waals surface area contributed by atoms with Crippen LogP contribution in [0.2, 0.25) is 0 Å². The molecule has 7 nitrogen and oxygen atoms in total. The van der Waals surface area contributed by atoms with Crippen molar-refractivity contribution in [1.82, 2.24) is 15.1 Å². The van der Waals surface area contributed by atoms with Crippen LogP contribution in [-0.2, 0) is 6.54 Å². The maximum Gasteiger partial charge on any atom is 0.225 e. The molecule has 1 fully saturated rings. The summed E-state index contributed by atoms with van der Waals surface area (Å²) in [6, 6.07) is 11.7. The van der Waals surface area contributed by atoms with Gasteiger partial charge < -0.3 is 15.2 Å². The van der Waals surface area contributed by atoms with Crippen LogP contribution in [0, 0.1) is 12.8 Å². The van der Waals surface area contributed by atoms with E-state index >= 15 is 0 Å². The standard InChI is InChI=1S/C22H21BrN6O/c1-13-8-21(27-20-9-15(11-24-20)14-6-7-14)28-22(26-13)25-12-16-10-19(29-30-16)17-4-2-3-5-18(17)23/h2-5,8-10,14H,6-7,11-12H2,1H3,(H2,24,25,26,27,28). The van der Waals surface area contributed by atoms with Gasteiger partial charge in [-0.15, -0.1) is 0 Å². The normalized spacial score (nSPS) is 15.7. The highest BCUT2D eigenvalue weighted by Crippen LogP contribution is 2.37. The van der Waals surface area contributed by atoms with Gasteiger partial charge in [0.2, 0.25) is 5.95 Å². The molecular weight excluding hydrogens is 444 g/mol. The number of anilines is 2. The number of hydrogen-bond donors (Lipinski definition) is 2. The quantitative estimate of drug-likeness (QED) is 0.534. The van der Waals surface area contributed by atoms with Crippen molar-refractivity contribution in [3.8, 4) is 11.3 Å². The smallest absolute Gasteiger partial charge is 0.225 e. The third kappa shape index (κ3) is 4.28. The van der Waals surface area contributed by atoms with E-state index < -0.39 is 0 Å². The fourth-order valence-corrected chi connectivity index (χ4v) is 3.91. The van der Waals surface area contributed by atoms with Gasteiger partial charge in [-0.3, -0.25) is 4.99 Å². The van der Waals surface area contributed by atoms with Crippen molar-refractivity contribution in [3.05, 3.63) is 64.0 Å². The molecule has 2 aromatic heterocycles. The highest BCUT2D eigenvalue weighted by molar-refractivity contribution is 9.10. The van der Waals surface area contributed by atoms with Gasteiger partial charge in [-0.1, -0.05) is 39.3 Å². The second kappa shape index (κ2) is 8.02. The average Bonchev–Trinajstić information content (AvgIpc) is 3.29. The first-order valence-electron chi connectivity index (χ1n) is 9.96. The Morgan fingerprint density at radius 3 is 2.87 bits per heavy atom. The van der Waals surface area contributed by atoms with Gasteiger partial charge in [-0.2, -0.15) is 4.98 Å². The van der Waals surface area contributed by atoms with Crippen LogP contribution in [0.1, 0.15) is 24.3 Å². The Morgan fingerprint density at radius 1 is 1.17 bits per heavy atom. The number of aliphatic imine (C=N–C) groups is 1. The lowest BCUT2D eigenvalue weighted by Gasteiger charge is -2.08. The maximum atomic E-state index is 5.47. The molecular formula is C22H21BrN6O. The lowest BCUT2D eigenvalue weighted by Crippen LogP contribution is -2.11. The minimum absolute atomic E-state index is 0.438. The summed E-state index contributed by atoms with van der Waals surface area (Å²) in [4.78, 5) is 13.6. The van der Waals surface area contributed by atoms with Gasteiger partial charge in [0.25, 0.3) is 0 Å². The van der Waals surface area contributed by atoms with Crippen LogP contribution in [0.4, 0.5) is 11.8 Å². The van der Waals surface area contributed by atoms with E-state index in [1.54, 1.807) is 0 Å². The molecule has 0 spiro atoms. The zero-order chi connectivity index (χ0) is 20.5. The van der Waals surface area contributed by atoms with Crippen LogP contribution in [0.5, 0.6) is 0 Å². The molecule has 3 aromatic rings. The second-order valence-corrected chi connectivity index (χ2v) is 8.40. The van der Waals surface area contributed by atoms with Crippen LogP contribution in [0.15, 0.2) is 62.0 Å². The van der Waals surface area contributed by atoms with Crippen LogP contribution in [0.3, 0.4) is 0 Å². The Morgan fingerprint density at radius 2 is 2.03 bits per heavy atom. The molecule has 1 aliphatic carbocycles.